The highest BCUT2D eigenvalue weighted by molar-refractivity contribution is 6.42. The van der Waals surface area contributed by atoms with Crippen molar-refractivity contribution in [3.8, 4) is 0 Å². The molecule has 138 valence electrons. The molecule has 0 aliphatic rings. The highest BCUT2D eigenvalue weighted by Crippen LogP contribution is 2.27. The van der Waals surface area contributed by atoms with Crippen molar-refractivity contribution in [2.24, 2.45) is 5.73 Å². The molecule has 0 fully saturated rings. The summed E-state index contributed by atoms with van der Waals surface area (Å²) < 4.78 is 0. The van der Waals surface area contributed by atoms with Crippen molar-refractivity contribution in [2.45, 2.75) is 18.9 Å². The van der Waals surface area contributed by atoms with Gasteiger partial charge in [0, 0.05) is 17.7 Å². The molecule has 2 aromatic carbocycles. The number of carboxylic acid groups (broad SMARTS) is 2. The third kappa shape index (κ3) is 7.70. The minimum absolute atomic E-state index is 0.418. The Morgan fingerprint density at radius 1 is 1.00 bits per heavy atom. The molecule has 2 rings (SSSR count). The van der Waals surface area contributed by atoms with Gasteiger partial charge in [0.25, 0.3) is 0 Å². The van der Waals surface area contributed by atoms with Crippen LogP contribution in [0.25, 0.3) is 0 Å². The highest BCUT2D eigenvalue weighted by atomic mass is 35.5. The summed E-state index contributed by atoms with van der Waals surface area (Å²) in [6.07, 6.45) is 1.83. The van der Waals surface area contributed by atoms with Gasteiger partial charge in [-0.3, -0.25) is 0 Å². The second-order valence-electron chi connectivity index (χ2n) is 5.72. The predicted octanol–water partition coefficient (Wildman–Crippen LogP) is 4.12. The maximum absolute atomic E-state index is 9.55. The van der Waals surface area contributed by atoms with Crippen molar-refractivity contribution in [1.29, 1.82) is 0 Å². The normalized spacial score (nSPS) is 12.8. The van der Waals surface area contributed by atoms with Crippen LogP contribution >= 0.6 is 23.2 Å². The maximum atomic E-state index is 9.55. The van der Waals surface area contributed by atoms with E-state index in [1.54, 1.807) is 6.07 Å². The van der Waals surface area contributed by atoms with Gasteiger partial charge >= 0.3 is 11.9 Å². The van der Waals surface area contributed by atoms with Gasteiger partial charge < -0.3 is 15.9 Å². The number of benzene rings is 2. The molecule has 0 bridgehead atoms. The molecule has 0 aromatic heterocycles. The van der Waals surface area contributed by atoms with Gasteiger partial charge in [0.1, 0.15) is 0 Å². The van der Waals surface area contributed by atoms with Crippen LogP contribution in [0.5, 0.6) is 0 Å². The molecule has 4 N–H and O–H groups in total. The van der Waals surface area contributed by atoms with Gasteiger partial charge in [0.05, 0.1) is 10.0 Å². The van der Waals surface area contributed by atoms with Crippen LogP contribution in [-0.2, 0) is 21.5 Å². The molecule has 1 atom stereocenters. The van der Waals surface area contributed by atoms with E-state index in [1.165, 1.54) is 0 Å². The van der Waals surface area contributed by atoms with Gasteiger partial charge in [-0.15, -0.1) is 0 Å². The molecule has 0 saturated carbocycles. The van der Waals surface area contributed by atoms with E-state index < -0.39 is 17.5 Å². The fraction of sp³-hybridized carbons (Fsp3) is 0.158. The molecular weight excluding hydrogens is 377 g/mol. The fourth-order valence-electron chi connectivity index (χ4n) is 2.14. The Balaban J connectivity index is 0.000000359. The minimum Gasteiger partial charge on any atom is -0.478 e. The van der Waals surface area contributed by atoms with Gasteiger partial charge in [-0.2, -0.15) is 0 Å². The summed E-state index contributed by atoms with van der Waals surface area (Å²) in [4.78, 5) is 19.1. The molecule has 5 nitrogen and oxygen atoms in total. The lowest BCUT2D eigenvalue weighted by Gasteiger charge is -2.25. The number of hydrogen-bond acceptors (Lipinski definition) is 3. The first-order valence-electron chi connectivity index (χ1n) is 7.54. The van der Waals surface area contributed by atoms with Crippen molar-refractivity contribution in [3.63, 3.8) is 0 Å². The molecule has 0 spiro atoms. The van der Waals surface area contributed by atoms with Crippen LogP contribution in [0.1, 0.15) is 18.1 Å². The first-order chi connectivity index (χ1) is 12.1. The third-order valence-corrected chi connectivity index (χ3v) is 4.10. The molecule has 2 aromatic rings. The quantitative estimate of drug-likeness (QED) is 0.660. The van der Waals surface area contributed by atoms with Crippen molar-refractivity contribution >= 4 is 35.1 Å². The van der Waals surface area contributed by atoms with Gasteiger partial charge in [-0.25, -0.2) is 9.59 Å². The van der Waals surface area contributed by atoms with Gasteiger partial charge in [0.2, 0.25) is 0 Å². The second-order valence-corrected chi connectivity index (χ2v) is 6.53. The second kappa shape index (κ2) is 9.97. The van der Waals surface area contributed by atoms with E-state index >= 15 is 0 Å². The fourth-order valence-corrected chi connectivity index (χ4v) is 2.46. The molecule has 0 amide bonds. The van der Waals surface area contributed by atoms with Gasteiger partial charge in [-0.1, -0.05) is 59.6 Å². The van der Waals surface area contributed by atoms with E-state index in [1.807, 2.05) is 49.4 Å². The average Bonchev–Trinajstić information content (AvgIpc) is 2.57. The Hall–Kier alpha value is -2.34. The summed E-state index contributed by atoms with van der Waals surface area (Å²) in [6.45, 7) is 2.02. The Morgan fingerprint density at radius 3 is 2.00 bits per heavy atom. The number of aliphatic carboxylic acids is 2. The van der Waals surface area contributed by atoms with Crippen LogP contribution in [-0.4, -0.2) is 22.2 Å². The van der Waals surface area contributed by atoms with Crippen LogP contribution in [0, 0.1) is 0 Å². The lowest BCUT2D eigenvalue weighted by Crippen LogP contribution is -2.35. The smallest absolute Gasteiger partial charge is 0.328 e. The first kappa shape index (κ1) is 21.7. The molecule has 26 heavy (non-hydrogen) atoms. The van der Waals surface area contributed by atoms with Gasteiger partial charge in [-0.05, 0) is 36.6 Å². The maximum Gasteiger partial charge on any atom is 0.328 e. The van der Waals surface area contributed by atoms with E-state index in [0.717, 1.165) is 11.1 Å². The summed E-state index contributed by atoms with van der Waals surface area (Å²) in [5.41, 5.74) is 8.15. The van der Waals surface area contributed by atoms with Crippen LogP contribution in [0.3, 0.4) is 0 Å². The molecular formula is C19H19Cl2NO4. The van der Waals surface area contributed by atoms with Crippen LogP contribution in [0.2, 0.25) is 10.0 Å². The summed E-state index contributed by atoms with van der Waals surface area (Å²) in [5, 5.41) is 16.8. The number of rotatable bonds is 5. The molecule has 0 aliphatic carbocycles. The average molecular weight is 396 g/mol. The van der Waals surface area contributed by atoms with Crippen LogP contribution in [0.4, 0.5) is 0 Å². The van der Waals surface area contributed by atoms with Crippen molar-refractivity contribution in [1.82, 2.24) is 0 Å². The van der Waals surface area contributed by atoms with E-state index in [2.05, 4.69) is 0 Å². The lowest BCUT2D eigenvalue weighted by atomic mass is 9.87. The van der Waals surface area contributed by atoms with Gasteiger partial charge in [0.15, 0.2) is 0 Å². The van der Waals surface area contributed by atoms with E-state index in [9.17, 15) is 9.59 Å². The topological polar surface area (TPSA) is 101 Å². The molecule has 1 unspecified atom stereocenters. The predicted molar refractivity (Wildman–Crippen MR) is 103 cm³/mol. The zero-order valence-corrected chi connectivity index (χ0v) is 15.5. The molecule has 0 heterocycles. The Bertz CT molecular complexity index is 773. The molecule has 0 aliphatic heterocycles. The summed E-state index contributed by atoms with van der Waals surface area (Å²) in [5.74, 6) is -2.51. The Morgan fingerprint density at radius 2 is 1.54 bits per heavy atom. The Kier molecular flexibility index (Phi) is 8.32. The number of halogens is 2. The number of carbonyl (C=O) groups is 2. The van der Waals surface area contributed by atoms with E-state index in [0.29, 0.717) is 28.6 Å². The van der Waals surface area contributed by atoms with Crippen molar-refractivity contribution in [2.75, 3.05) is 0 Å². The van der Waals surface area contributed by atoms with Crippen LogP contribution < -0.4 is 5.73 Å². The monoisotopic (exact) mass is 395 g/mol. The summed E-state index contributed by atoms with van der Waals surface area (Å²) in [6, 6.07) is 15.7. The standard InChI is InChI=1S/C15H15Cl2N.C4H4O4/c1-15(18,12-5-3-2-4-6-12)10-11-7-8-13(16)14(17)9-11;5-3(6)1-2-4(7)8/h2-9H,10,18H2,1H3;1-2H,(H,5,6)(H,7,8). The van der Waals surface area contributed by atoms with Crippen LogP contribution in [0.15, 0.2) is 60.7 Å². The number of carboxylic acids is 2. The lowest BCUT2D eigenvalue weighted by molar-refractivity contribution is -0.134. The Labute approximate surface area is 161 Å². The molecule has 7 heteroatoms. The van der Waals surface area contributed by atoms with Crippen molar-refractivity contribution < 1.29 is 19.8 Å². The molecule has 0 radical (unpaired) electrons. The SMILES string of the molecule is CC(N)(Cc1ccc(Cl)c(Cl)c1)c1ccccc1.O=C(O)C=CC(=O)O. The largest absolute Gasteiger partial charge is 0.478 e. The summed E-state index contributed by atoms with van der Waals surface area (Å²) >= 11 is 11.9. The molecule has 0 saturated heterocycles. The first-order valence-corrected chi connectivity index (χ1v) is 8.29. The van der Waals surface area contributed by atoms with Crippen molar-refractivity contribution in [3.05, 3.63) is 81.9 Å². The summed E-state index contributed by atoms with van der Waals surface area (Å²) in [7, 11) is 0. The van der Waals surface area contributed by atoms with E-state index in [-0.39, 0.29) is 0 Å². The number of nitrogens with two attached hydrogens (primary N) is 1. The zero-order valence-electron chi connectivity index (χ0n) is 14.0. The van der Waals surface area contributed by atoms with E-state index in [4.69, 9.17) is 39.1 Å². The third-order valence-electron chi connectivity index (χ3n) is 3.36. The highest BCUT2D eigenvalue weighted by Gasteiger charge is 2.21. The number of hydrogen-bond donors (Lipinski definition) is 3. The zero-order chi connectivity index (χ0) is 19.7. The minimum atomic E-state index is -1.26.